The SMILES string of the molecule is CCCn1c(=O)c2c(N(C)C)n(CC(F)(F)F)nc2c2ccccc21. The molecule has 3 rings (SSSR count). The number of rotatable bonds is 4. The summed E-state index contributed by atoms with van der Waals surface area (Å²) in [6, 6.07) is 7.18. The molecule has 0 aliphatic heterocycles. The van der Waals surface area contributed by atoms with E-state index in [0.717, 1.165) is 11.1 Å². The van der Waals surface area contributed by atoms with Gasteiger partial charge in [-0.1, -0.05) is 25.1 Å². The molecule has 2 heterocycles. The number of pyridine rings is 1. The largest absolute Gasteiger partial charge is 0.408 e. The quantitative estimate of drug-likeness (QED) is 0.723. The lowest BCUT2D eigenvalue weighted by Crippen LogP contribution is -2.25. The van der Waals surface area contributed by atoms with E-state index in [0.29, 0.717) is 23.0 Å². The van der Waals surface area contributed by atoms with Gasteiger partial charge in [0.25, 0.3) is 5.56 Å². The van der Waals surface area contributed by atoms with E-state index in [1.165, 1.54) is 4.90 Å². The summed E-state index contributed by atoms with van der Waals surface area (Å²) in [4.78, 5) is 14.5. The van der Waals surface area contributed by atoms with Crippen LogP contribution in [-0.2, 0) is 13.1 Å². The van der Waals surface area contributed by atoms with Gasteiger partial charge in [0, 0.05) is 26.0 Å². The Labute approximate surface area is 142 Å². The van der Waals surface area contributed by atoms with E-state index in [4.69, 9.17) is 0 Å². The van der Waals surface area contributed by atoms with Crippen molar-refractivity contribution in [1.29, 1.82) is 0 Å². The van der Waals surface area contributed by atoms with E-state index in [2.05, 4.69) is 5.10 Å². The van der Waals surface area contributed by atoms with Gasteiger partial charge in [0.2, 0.25) is 0 Å². The van der Waals surface area contributed by atoms with Gasteiger partial charge in [-0.05, 0) is 12.5 Å². The zero-order chi connectivity index (χ0) is 18.4. The molecule has 0 unspecified atom stereocenters. The Balaban J connectivity index is 2.47. The fourth-order valence-electron chi connectivity index (χ4n) is 3.17. The highest BCUT2D eigenvalue weighted by molar-refractivity contribution is 6.07. The molecule has 0 N–H and O–H groups in total. The number of anilines is 1. The minimum atomic E-state index is -4.43. The Kier molecular flexibility index (Phi) is 4.22. The molecule has 0 spiro atoms. The van der Waals surface area contributed by atoms with Gasteiger partial charge in [-0.2, -0.15) is 18.3 Å². The van der Waals surface area contributed by atoms with Crippen molar-refractivity contribution >= 4 is 27.6 Å². The van der Waals surface area contributed by atoms with Gasteiger partial charge in [-0.25, -0.2) is 4.68 Å². The summed E-state index contributed by atoms with van der Waals surface area (Å²) in [6.07, 6.45) is -3.69. The number of halogens is 3. The lowest BCUT2D eigenvalue weighted by Gasteiger charge is -2.16. The molecule has 5 nitrogen and oxygen atoms in total. The zero-order valence-electron chi connectivity index (χ0n) is 14.3. The molecule has 2 aromatic heterocycles. The van der Waals surface area contributed by atoms with E-state index >= 15 is 0 Å². The molecule has 1 aromatic carbocycles. The highest BCUT2D eigenvalue weighted by Gasteiger charge is 2.32. The second kappa shape index (κ2) is 6.09. The van der Waals surface area contributed by atoms with Crippen LogP contribution >= 0.6 is 0 Å². The number of nitrogens with zero attached hydrogens (tertiary/aromatic N) is 4. The number of aryl methyl sites for hydroxylation is 1. The van der Waals surface area contributed by atoms with E-state index < -0.39 is 12.7 Å². The van der Waals surface area contributed by atoms with Crippen LogP contribution < -0.4 is 10.5 Å². The smallest absolute Gasteiger partial charge is 0.362 e. The maximum Gasteiger partial charge on any atom is 0.408 e. The Morgan fingerprint density at radius 3 is 2.48 bits per heavy atom. The molecule has 8 heteroatoms. The summed E-state index contributed by atoms with van der Waals surface area (Å²) >= 11 is 0. The van der Waals surface area contributed by atoms with Gasteiger partial charge in [-0.15, -0.1) is 0 Å². The average Bonchev–Trinajstić information content (AvgIpc) is 2.89. The van der Waals surface area contributed by atoms with Crippen LogP contribution in [0.25, 0.3) is 21.8 Å². The molecule has 25 heavy (non-hydrogen) atoms. The number of hydrogen-bond acceptors (Lipinski definition) is 3. The highest BCUT2D eigenvalue weighted by atomic mass is 19.4. The maximum absolute atomic E-state index is 13.0. The molecule has 134 valence electrons. The number of fused-ring (bicyclic) bond motifs is 3. The molecule has 0 fully saturated rings. The number of benzene rings is 1. The van der Waals surface area contributed by atoms with Crippen LogP contribution in [0.5, 0.6) is 0 Å². The summed E-state index contributed by atoms with van der Waals surface area (Å²) in [7, 11) is 3.23. The van der Waals surface area contributed by atoms with Crippen molar-refractivity contribution in [2.45, 2.75) is 32.6 Å². The number of para-hydroxylation sites is 1. The predicted molar refractivity (Wildman–Crippen MR) is 92.2 cm³/mol. The summed E-state index contributed by atoms with van der Waals surface area (Å²) in [6.45, 7) is 1.20. The second-order valence-corrected chi connectivity index (χ2v) is 6.19. The van der Waals surface area contributed by atoms with Gasteiger partial charge in [-0.3, -0.25) is 4.79 Å². The molecule has 0 amide bonds. The van der Waals surface area contributed by atoms with Crippen molar-refractivity contribution in [1.82, 2.24) is 14.3 Å². The monoisotopic (exact) mass is 352 g/mol. The molecular formula is C17H19F3N4O. The van der Waals surface area contributed by atoms with Crippen molar-refractivity contribution in [2.24, 2.45) is 0 Å². The van der Waals surface area contributed by atoms with E-state index in [1.54, 1.807) is 42.9 Å². The van der Waals surface area contributed by atoms with E-state index in [9.17, 15) is 18.0 Å². The first-order chi connectivity index (χ1) is 11.7. The molecule has 0 radical (unpaired) electrons. The van der Waals surface area contributed by atoms with Crippen LogP contribution in [0.4, 0.5) is 19.0 Å². The Morgan fingerprint density at radius 1 is 1.20 bits per heavy atom. The van der Waals surface area contributed by atoms with Gasteiger partial charge >= 0.3 is 6.18 Å². The van der Waals surface area contributed by atoms with Crippen molar-refractivity contribution in [2.75, 3.05) is 19.0 Å². The van der Waals surface area contributed by atoms with Crippen LogP contribution in [0.1, 0.15) is 13.3 Å². The third-order valence-corrected chi connectivity index (χ3v) is 4.03. The number of aromatic nitrogens is 3. The predicted octanol–water partition coefficient (Wildman–Crippen LogP) is 3.39. The van der Waals surface area contributed by atoms with Crippen LogP contribution in [0.3, 0.4) is 0 Å². The van der Waals surface area contributed by atoms with Crippen molar-refractivity contribution in [3.8, 4) is 0 Å². The molecule has 0 saturated carbocycles. The van der Waals surface area contributed by atoms with Gasteiger partial charge in [0.1, 0.15) is 23.3 Å². The van der Waals surface area contributed by atoms with Crippen LogP contribution in [0.15, 0.2) is 29.1 Å². The summed E-state index contributed by atoms with van der Waals surface area (Å²) in [5.74, 6) is 0.174. The standard InChI is InChI=1S/C17H19F3N4O/c1-4-9-23-12-8-6-5-7-11(12)14-13(16(23)25)15(22(2)3)24(21-14)10-17(18,19)20/h5-8H,4,9-10H2,1-3H3. The maximum atomic E-state index is 13.0. The molecular weight excluding hydrogens is 333 g/mol. The minimum absolute atomic E-state index is 0.174. The van der Waals surface area contributed by atoms with E-state index in [1.807, 2.05) is 6.92 Å². The minimum Gasteiger partial charge on any atom is -0.362 e. The lowest BCUT2D eigenvalue weighted by molar-refractivity contribution is -0.142. The van der Waals surface area contributed by atoms with Crippen molar-refractivity contribution in [3.63, 3.8) is 0 Å². The van der Waals surface area contributed by atoms with Crippen molar-refractivity contribution < 1.29 is 13.2 Å². The summed E-state index contributed by atoms with van der Waals surface area (Å²) in [5.41, 5.74) is 0.678. The summed E-state index contributed by atoms with van der Waals surface area (Å²) in [5, 5.41) is 5.05. The van der Waals surface area contributed by atoms with Crippen LogP contribution in [-0.4, -0.2) is 34.6 Å². The molecule has 0 saturated heterocycles. The second-order valence-electron chi connectivity index (χ2n) is 6.19. The number of alkyl halides is 3. The Hall–Kier alpha value is -2.51. The Morgan fingerprint density at radius 2 is 1.88 bits per heavy atom. The van der Waals surface area contributed by atoms with Gasteiger partial charge in [0.15, 0.2) is 0 Å². The highest BCUT2D eigenvalue weighted by Crippen LogP contribution is 2.31. The van der Waals surface area contributed by atoms with Gasteiger partial charge < -0.3 is 9.47 Å². The van der Waals surface area contributed by atoms with Crippen molar-refractivity contribution in [3.05, 3.63) is 34.6 Å². The topological polar surface area (TPSA) is 43.1 Å². The van der Waals surface area contributed by atoms with E-state index in [-0.39, 0.29) is 16.8 Å². The normalized spacial score (nSPS) is 12.2. The summed E-state index contributed by atoms with van der Waals surface area (Å²) < 4.78 is 41.4. The average molecular weight is 352 g/mol. The van der Waals surface area contributed by atoms with Crippen LogP contribution in [0, 0.1) is 0 Å². The van der Waals surface area contributed by atoms with Gasteiger partial charge in [0.05, 0.1) is 5.52 Å². The first-order valence-electron chi connectivity index (χ1n) is 8.00. The molecule has 0 bridgehead atoms. The fourth-order valence-corrected chi connectivity index (χ4v) is 3.17. The fraction of sp³-hybridized carbons (Fsp3) is 0.412. The molecule has 0 atom stereocenters. The first-order valence-corrected chi connectivity index (χ1v) is 8.00. The molecule has 0 aliphatic rings. The lowest BCUT2D eigenvalue weighted by atomic mass is 10.1. The third kappa shape index (κ3) is 2.96. The molecule has 0 aliphatic carbocycles. The van der Waals surface area contributed by atoms with Crippen LogP contribution in [0.2, 0.25) is 0 Å². The molecule has 3 aromatic rings. The zero-order valence-corrected chi connectivity index (χ0v) is 14.3. The first kappa shape index (κ1) is 17.3. The Bertz CT molecular complexity index is 985. The number of hydrogen-bond donors (Lipinski definition) is 0. The third-order valence-electron chi connectivity index (χ3n) is 4.03.